The maximum absolute atomic E-state index is 11.1. The Hall–Kier alpha value is -0.510. The molecule has 0 radical (unpaired) electrons. The zero-order chi connectivity index (χ0) is 12.8. The Morgan fingerprint density at radius 2 is 2.00 bits per heavy atom. The van der Waals surface area contributed by atoms with Crippen LogP contribution in [0.15, 0.2) is 0 Å². The minimum Gasteiger partial charge on any atom is -0.352 e. The quantitative estimate of drug-likeness (QED) is 0.743. The van der Waals surface area contributed by atoms with Crippen LogP contribution in [0.1, 0.15) is 46.5 Å². The van der Waals surface area contributed by atoms with Crippen LogP contribution in [0, 0.1) is 5.92 Å². The van der Waals surface area contributed by atoms with E-state index in [1.165, 1.54) is 0 Å². The molecule has 1 heterocycles. The van der Waals surface area contributed by atoms with E-state index in [1.807, 2.05) is 11.8 Å². The summed E-state index contributed by atoms with van der Waals surface area (Å²) in [6.07, 6.45) is 3.86. The Morgan fingerprint density at radius 1 is 1.29 bits per heavy atom. The van der Waals surface area contributed by atoms with E-state index in [2.05, 4.69) is 12.2 Å². The van der Waals surface area contributed by atoms with E-state index >= 15 is 0 Å². The lowest BCUT2D eigenvalue weighted by molar-refractivity contribution is -0.120. The maximum atomic E-state index is 11.1. The first-order valence-electron chi connectivity index (χ1n) is 6.39. The minimum absolute atomic E-state index is 0.0677. The molecule has 3 atom stereocenters. The summed E-state index contributed by atoms with van der Waals surface area (Å²) in [6.45, 7) is 5.43. The highest BCUT2D eigenvalue weighted by Gasteiger charge is 2.33. The molecule has 0 aromatic heterocycles. The van der Waals surface area contributed by atoms with Gasteiger partial charge in [0.1, 0.15) is 5.78 Å². The van der Waals surface area contributed by atoms with Gasteiger partial charge in [-0.25, -0.2) is 0 Å². The lowest BCUT2D eigenvalue weighted by Crippen LogP contribution is -2.41. The number of carbonyl (C=O) groups excluding carboxylic acids is 2. The van der Waals surface area contributed by atoms with Crippen LogP contribution in [0.4, 0.5) is 0 Å². The molecule has 3 nitrogen and oxygen atoms in total. The van der Waals surface area contributed by atoms with Crippen molar-refractivity contribution in [2.24, 2.45) is 5.92 Å². The van der Waals surface area contributed by atoms with Crippen molar-refractivity contribution in [2.45, 2.75) is 57.7 Å². The Bertz CT molecular complexity index is 281. The minimum atomic E-state index is 0.0677. The van der Waals surface area contributed by atoms with Gasteiger partial charge in [0, 0.05) is 24.6 Å². The van der Waals surface area contributed by atoms with Crippen LogP contribution in [0.3, 0.4) is 0 Å². The Morgan fingerprint density at radius 3 is 2.59 bits per heavy atom. The number of nitrogens with one attached hydrogen (secondary N) is 1. The fourth-order valence-electron chi connectivity index (χ4n) is 2.30. The van der Waals surface area contributed by atoms with Crippen molar-refractivity contribution in [3.8, 4) is 0 Å². The molecule has 1 N–H and O–H groups in total. The van der Waals surface area contributed by atoms with Crippen molar-refractivity contribution in [1.82, 2.24) is 5.32 Å². The van der Waals surface area contributed by atoms with Gasteiger partial charge in [-0.05, 0) is 31.4 Å². The molecular weight excluding hydrogens is 234 g/mol. The average Bonchev–Trinajstić information content (AvgIpc) is 2.55. The molecule has 0 spiro atoms. The second kappa shape index (κ2) is 7.04. The molecule has 1 fully saturated rings. The normalized spacial score (nSPS) is 28.1. The maximum Gasteiger partial charge on any atom is 0.217 e. The van der Waals surface area contributed by atoms with Gasteiger partial charge in [-0.15, -0.1) is 0 Å². The van der Waals surface area contributed by atoms with Gasteiger partial charge in [0.05, 0.1) is 0 Å². The lowest BCUT2D eigenvalue weighted by Gasteiger charge is -2.22. The van der Waals surface area contributed by atoms with Crippen LogP contribution in [0.25, 0.3) is 0 Å². The highest BCUT2D eigenvalue weighted by molar-refractivity contribution is 8.00. The van der Waals surface area contributed by atoms with Crippen LogP contribution < -0.4 is 5.32 Å². The van der Waals surface area contributed by atoms with E-state index in [0.29, 0.717) is 23.6 Å². The Labute approximate surface area is 108 Å². The highest BCUT2D eigenvalue weighted by atomic mass is 32.2. The van der Waals surface area contributed by atoms with Crippen LogP contribution in [-0.2, 0) is 9.59 Å². The van der Waals surface area contributed by atoms with Gasteiger partial charge in [-0.2, -0.15) is 11.8 Å². The number of amides is 1. The van der Waals surface area contributed by atoms with Gasteiger partial charge >= 0.3 is 0 Å². The van der Waals surface area contributed by atoms with Crippen molar-refractivity contribution >= 4 is 23.5 Å². The molecule has 0 aromatic rings. The van der Waals surface area contributed by atoms with Crippen molar-refractivity contribution in [1.29, 1.82) is 0 Å². The standard InChI is InChI=1S/C13H23NO2S/c1-9-8-17-12(13(9)14-11(3)16)7-5-4-6-10(2)15/h9,12-13H,4-8H2,1-3H3,(H,14,16). The third kappa shape index (κ3) is 5.11. The fourth-order valence-corrected chi connectivity index (χ4v) is 3.94. The van der Waals surface area contributed by atoms with E-state index in [4.69, 9.17) is 0 Å². The van der Waals surface area contributed by atoms with Crippen LogP contribution in [0.2, 0.25) is 0 Å². The molecule has 98 valence electrons. The summed E-state index contributed by atoms with van der Waals surface area (Å²) in [5, 5.41) is 3.59. The summed E-state index contributed by atoms with van der Waals surface area (Å²) < 4.78 is 0. The smallest absolute Gasteiger partial charge is 0.217 e. The summed E-state index contributed by atoms with van der Waals surface area (Å²) in [5.74, 6) is 2.03. The van der Waals surface area contributed by atoms with Gasteiger partial charge in [-0.1, -0.05) is 13.3 Å². The second-order valence-corrected chi connectivity index (χ2v) is 6.30. The topological polar surface area (TPSA) is 46.2 Å². The van der Waals surface area contributed by atoms with E-state index < -0.39 is 0 Å². The van der Waals surface area contributed by atoms with Crippen molar-refractivity contribution in [3.05, 3.63) is 0 Å². The molecule has 1 aliphatic rings. The molecule has 0 saturated carbocycles. The summed E-state index contributed by atoms with van der Waals surface area (Å²) in [6, 6.07) is 0.315. The second-order valence-electron chi connectivity index (χ2n) is 5.02. The zero-order valence-electron chi connectivity index (χ0n) is 11.0. The molecule has 0 aromatic carbocycles. The number of hydrogen-bond donors (Lipinski definition) is 1. The van der Waals surface area contributed by atoms with Gasteiger partial charge in [-0.3, -0.25) is 4.79 Å². The molecular formula is C13H23NO2S. The van der Waals surface area contributed by atoms with Crippen LogP contribution in [-0.4, -0.2) is 28.7 Å². The van der Waals surface area contributed by atoms with Crippen molar-refractivity contribution in [2.75, 3.05) is 5.75 Å². The number of Topliss-reactive ketones (excluding diaryl/α,β-unsaturated/α-hetero) is 1. The monoisotopic (exact) mass is 257 g/mol. The Kier molecular flexibility index (Phi) is 6.03. The third-order valence-electron chi connectivity index (χ3n) is 3.22. The number of thioether (sulfide) groups is 1. The van der Waals surface area contributed by atoms with Gasteiger partial charge < -0.3 is 10.1 Å². The number of ketones is 1. The molecule has 17 heavy (non-hydrogen) atoms. The third-order valence-corrected chi connectivity index (χ3v) is 4.90. The number of carbonyl (C=O) groups is 2. The van der Waals surface area contributed by atoms with Crippen LogP contribution >= 0.6 is 11.8 Å². The van der Waals surface area contributed by atoms with Gasteiger partial charge in [0.25, 0.3) is 0 Å². The van der Waals surface area contributed by atoms with E-state index in [1.54, 1.807) is 13.8 Å². The van der Waals surface area contributed by atoms with Gasteiger partial charge in [0.2, 0.25) is 5.91 Å². The predicted molar refractivity (Wildman–Crippen MR) is 72.2 cm³/mol. The SMILES string of the molecule is CC(=O)CCCCC1SCC(C)C1NC(C)=O. The summed E-state index contributed by atoms with van der Waals surface area (Å²) in [4.78, 5) is 22.0. The largest absolute Gasteiger partial charge is 0.352 e. The number of hydrogen-bond acceptors (Lipinski definition) is 3. The van der Waals surface area contributed by atoms with Crippen molar-refractivity contribution in [3.63, 3.8) is 0 Å². The van der Waals surface area contributed by atoms with E-state index in [0.717, 1.165) is 25.0 Å². The number of unbranched alkanes of at least 4 members (excludes halogenated alkanes) is 1. The van der Waals surface area contributed by atoms with Crippen LogP contribution in [0.5, 0.6) is 0 Å². The zero-order valence-corrected chi connectivity index (χ0v) is 11.8. The molecule has 1 amide bonds. The highest BCUT2D eigenvalue weighted by Crippen LogP contribution is 2.34. The first-order valence-corrected chi connectivity index (χ1v) is 7.43. The number of rotatable bonds is 6. The Balaban J connectivity index is 2.31. The predicted octanol–water partition coefficient (Wildman–Crippen LogP) is 2.39. The molecule has 3 unspecified atom stereocenters. The van der Waals surface area contributed by atoms with E-state index in [9.17, 15) is 9.59 Å². The molecule has 0 bridgehead atoms. The summed E-state index contributed by atoms with van der Waals surface area (Å²) in [7, 11) is 0. The van der Waals surface area contributed by atoms with Crippen molar-refractivity contribution < 1.29 is 9.59 Å². The first kappa shape index (κ1) is 14.6. The summed E-state index contributed by atoms with van der Waals surface area (Å²) >= 11 is 1.96. The molecule has 1 aliphatic heterocycles. The molecule has 1 saturated heterocycles. The molecule has 4 heteroatoms. The molecule has 1 rings (SSSR count). The average molecular weight is 257 g/mol. The summed E-state index contributed by atoms with van der Waals surface area (Å²) in [5.41, 5.74) is 0. The van der Waals surface area contributed by atoms with E-state index in [-0.39, 0.29) is 11.7 Å². The first-order chi connectivity index (χ1) is 8.00. The molecule has 0 aliphatic carbocycles. The fraction of sp³-hybridized carbons (Fsp3) is 0.846. The van der Waals surface area contributed by atoms with Gasteiger partial charge in [0.15, 0.2) is 0 Å². The lowest BCUT2D eigenvalue weighted by atomic mass is 9.97.